The van der Waals surface area contributed by atoms with Crippen LogP contribution in [0.5, 0.6) is 0 Å². The first-order valence-electron chi connectivity index (χ1n) is 12.1. The number of carbonyl (C=O) groups is 1. The van der Waals surface area contributed by atoms with Crippen LogP contribution >= 0.6 is 35.1 Å². The first-order chi connectivity index (χ1) is 18.8. The Labute approximate surface area is 240 Å². The van der Waals surface area contributed by atoms with Crippen molar-refractivity contribution < 1.29 is 13.6 Å². The van der Waals surface area contributed by atoms with E-state index in [2.05, 4.69) is 21.2 Å². The van der Waals surface area contributed by atoms with Gasteiger partial charge in [0.15, 0.2) is 5.78 Å². The minimum Gasteiger partial charge on any atom is -0.355 e. The van der Waals surface area contributed by atoms with Gasteiger partial charge < -0.3 is 10.7 Å². The van der Waals surface area contributed by atoms with E-state index in [0.717, 1.165) is 16.5 Å². The molecule has 10 heteroatoms. The number of Topliss-reactive ketones (excluding diaryl/α,β-unsaturated/α-hetero) is 1. The molecule has 202 valence electrons. The Morgan fingerprint density at radius 3 is 2.77 bits per heavy atom. The average molecular weight is 588 g/mol. The van der Waals surface area contributed by atoms with Gasteiger partial charge in [-0.1, -0.05) is 47.5 Å². The molecular weight excluding hydrogens is 561 g/mol. The predicted molar refractivity (Wildman–Crippen MR) is 155 cm³/mol. The number of nitrogens with one attached hydrogen (secondary N) is 2. The largest absolute Gasteiger partial charge is 0.355 e. The molecule has 2 heterocycles. The molecule has 0 bridgehead atoms. The fourth-order valence-electron chi connectivity index (χ4n) is 4.69. The third-order valence-electron chi connectivity index (χ3n) is 6.50. The van der Waals surface area contributed by atoms with E-state index in [-0.39, 0.29) is 17.9 Å². The minimum absolute atomic E-state index is 0.141. The Hall–Kier alpha value is -3.04. The fourth-order valence-corrected chi connectivity index (χ4v) is 6.12. The standard InChI is InChI=1S/C29H26Cl2F2N4OS/c1-2-5-22(13-21(33)16-32)36-27-12-20-9-11-37(39-23-7-8-24(30)25(31)14-23)18-29(20,15-19(27)17-34)28(38)26-6-3-4-10-35-26/h2-8,10,12-14,17,34,36H,1,9,11,15-16,18H2/b21-13+,22-5+,34-17?. The molecule has 1 aliphatic heterocycles. The number of benzene rings is 1. The number of piperidine rings is 1. The minimum atomic E-state index is -1.23. The van der Waals surface area contributed by atoms with Crippen LogP contribution in [0.1, 0.15) is 23.3 Å². The van der Waals surface area contributed by atoms with Crippen molar-refractivity contribution >= 4 is 47.1 Å². The number of hydrogen-bond donors (Lipinski definition) is 2. The van der Waals surface area contributed by atoms with Crippen molar-refractivity contribution in [3.8, 4) is 0 Å². The number of fused-ring (bicyclic) bond motifs is 1. The molecule has 2 N–H and O–H groups in total. The normalized spacial score (nSPS) is 20.3. The van der Waals surface area contributed by atoms with E-state index >= 15 is 0 Å². The molecule has 1 fully saturated rings. The van der Waals surface area contributed by atoms with Crippen LogP contribution in [-0.2, 0) is 0 Å². The lowest BCUT2D eigenvalue weighted by molar-refractivity contribution is 0.0775. The second kappa shape index (κ2) is 12.9. The molecule has 1 aliphatic carbocycles. The van der Waals surface area contributed by atoms with Gasteiger partial charge >= 0.3 is 0 Å². The topological polar surface area (TPSA) is 69.1 Å². The number of aromatic nitrogens is 1. The van der Waals surface area contributed by atoms with E-state index in [9.17, 15) is 13.6 Å². The molecule has 0 amide bonds. The van der Waals surface area contributed by atoms with Crippen molar-refractivity contribution in [3.05, 3.63) is 118 Å². The van der Waals surface area contributed by atoms with E-state index in [1.165, 1.54) is 30.3 Å². The molecule has 1 aromatic carbocycles. The summed E-state index contributed by atoms with van der Waals surface area (Å²) >= 11 is 13.8. The summed E-state index contributed by atoms with van der Waals surface area (Å²) in [6.07, 6.45) is 9.44. The van der Waals surface area contributed by atoms with Gasteiger partial charge in [0.05, 0.1) is 15.5 Å². The second-order valence-corrected chi connectivity index (χ2v) is 11.0. The van der Waals surface area contributed by atoms with Crippen molar-refractivity contribution in [2.75, 3.05) is 19.8 Å². The summed E-state index contributed by atoms with van der Waals surface area (Å²) < 4.78 is 28.7. The zero-order chi connectivity index (χ0) is 28.0. The number of allylic oxidation sites excluding steroid dienone is 6. The summed E-state index contributed by atoms with van der Waals surface area (Å²) in [5.41, 5.74) is 1.62. The van der Waals surface area contributed by atoms with Gasteiger partial charge in [-0.25, -0.2) is 13.1 Å². The highest BCUT2D eigenvalue weighted by molar-refractivity contribution is 7.97. The molecule has 0 radical (unpaired) electrons. The van der Waals surface area contributed by atoms with Gasteiger partial charge in [0, 0.05) is 41.8 Å². The second-order valence-electron chi connectivity index (χ2n) is 9.04. The third kappa shape index (κ3) is 6.58. The van der Waals surface area contributed by atoms with Crippen molar-refractivity contribution in [1.29, 1.82) is 5.41 Å². The smallest absolute Gasteiger partial charge is 0.192 e. The number of carbonyl (C=O) groups excluding carboxylic acids is 1. The van der Waals surface area contributed by atoms with Crippen LogP contribution in [0.4, 0.5) is 8.78 Å². The highest BCUT2D eigenvalue weighted by atomic mass is 35.5. The maximum atomic E-state index is 14.1. The monoisotopic (exact) mass is 586 g/mol. The molecule has 1 atom stereocenters. The molecule has 39 heavy (non-hydrogen) atoms. The van der Waals surface area contributed by atoms with Crippen LogP contribution in [0.3, 0.4) is 0 Å². The molecular formula is C29H26Cl2F2N4OS. The molecule has 1 aromatic heterocycles. The Bertz CT molecular complexity index is 1410. The fraction of sp³-hybridized carbons (Fsp3) is 0.207. The number of nitrogens with zero attached hydrogens (tertiary/aromatic N) is 2. The molecule has 1 saturated heterocycles. The van der Waals surface area contributed by atoms with Crippen LogP contribution in [0.15, 0.2) is 107 Å². The summed E-state index contributed by atoms with van der Waals surface area (Å²) in [5.74, 6) is -1.08. The van der Waals surface area contributed by atoms with Crippen molar-refractivity contribution in [3.63, 3.8) is 0 Å². The molecule has 4 rings (SSSR count). The van der Waals surface area contributed by atoms with Gasteiger partial charge in [-0.2, -0.15) is 0 Å². The quantitative estimate of drug-likeness (QED) is 0.129. The average Bonchev–Trinajstić information content (AvgIpc) is 2.94. The predicted octanol–water partition coefficient (Wildman–Crippen LogP) is 7.69. The summed E-state index contributed by atoms with van der Waals surface area (Å²) in [4.78, 5) is 19.3. The first kappa shape index (κ1) is 29.0. The number of hydrogen-bond acceptors (Lipinski definition) is 6. The maximum Gasteiger partial charge on any atom is 0.192 e. The molecule has 0 spiro atoms. The molecule has 2 aromatic rings. The van der Waals surface area contributed by atoms with E-state index in [4.69, 9.17) is 28.6 Å². The lowest BCUT2D eigenvalue weighted by Gasteiger charge is -2.45. The number of ketones is 1. The summed E-state index contributed by atoms with van der Waals surface area (Å²) in [5, 5.41) is 12.2. The SMILES string of the molecule is C=C/C=C(\C=C(\F)CF)NC1=C(C=N)CC2(C(=O)c3ccccn3)CN(Sc3ccc(Cl)c(Cl)c3)CCC2=C1. The van der Waals surface area contributed by atoms with E-state index in [1.807, 2.05) is 12.1 Å². The van der Waals surface area contributed by atoms with Crippen LogP contribution in [0.25, 0.3) is 0 Å². The summed E-state index contributed by atoms with van der Waals surface area (Å²) in [6, 6.07) is 10.6. The van der Waals surface area contributed by atoms with Crippen LogP contribution in [0.2, 0.25) is 10.0 Å². The highest BCUT2D eigenvalue weighted by Gasteiger charge is 2.49. The molecule has 2 aliphatic rings. The number of pyridine rings is 1. The van der Waals surface area contributed by atoms with Gasteiger partial charge in [-0.3, -0.25) is 9.78 Å². The Morgan fingerprint density at radius 1 is 1.28 bits per heavy atom. The van der Waals surface area contributed by atoms with Crippen LogP contribution in [-0.4, -0.2) is 41.1 Å². The van der Waals surface area contributed by atoms with Gasteiger partial charge in [0.2, 0.25) is 0 Å². The van der Waals surface area contributed by atoms with Gasteiger partial charge in [-0.05, 0) is 78.9 Å². The van der Waals surface area contributed by atoms with Gasteiger partial charge in [0.1, 0.15) is 18.2 Å². The van der Waals surface area contributed by atoms with Gasteiger partial charge in [-0.15, -0.1) is 0 Å². The maximum absolute atomic E-state index is 14.1. The van der Waals surface area contributed by atoms with Crippen molar-refractivity contribution in [1.82, 2.24) is 14.6 Å². The number of halogens is 4. The third-order valence-corrected chi connectivity index (χ3v) is 8.27. The van der Waals surface area contributed by atoms with E-state index in [1.54, 1.807) is 36.5 Å². The molecule has 0 saturated carbocycles. The van der Waals surface area contributed by atoms with Gasteiger partial charge in [0.25, 0.3) is 0 Å². The summed E-state index contributed by atoms with van der Waals surface area (Å²) in [7, 11) is 0. The zero-order valence-corrected chi connectivity index (χ0v) is 23.2. The highest BCUT2D eigenvalue weighted by Crippen LogP contribution is 2.48. The molecule has 5 nitrogen and oxygen atoms in total. The number of rotatable bonds is 10. The lowest BCUT2D eigenvalue weighted by atomic mass is 9.65. The van der Waals surface area contributed by atoms with Crippen molar-refractivity contribution in [2.45, 2.75) is 17.7 Å². The van der Waals surface area contributed by atoms with E-state index in [0.29, 0.717) is 46.5 Å². The number of alkyl halides is 1. The van der Waals surface area contributed by atoms with E-state index < -0.39 is 17.9 Å². The summed E-state index contributed by atoms with van der Waals surface area (Å²) in [6.45, 7) is 3.42. The van der Waals surface area contributed by atoms with Crippen LogP contribution < -0.4 is 5.32 Å². The lowest BCUT2D eigenvalue weighted by Crippen LogP contribution is -2.49. The Kier molecular flexibility index (Phi) is 9.56. The Morgan fingerprint density at radius 2 is 2.10 bits per heavy atom. The first-order valence-corrected chi connectivity index (χ1v) is 13.6. The molecule has 1 unspecified atom stereocenters. The Balaban J connectivity index is 1.72. The van der Waals surface area contributed by atoms with Crippen molar-refractivity contribution in [2.24, 2.45) is 5.41 Å². The zero-order valence-electron chi connectivity index (χ0n) is 20.9. The van der Waals surface area contributed by atoms with Crippen LogP contribution in [0, 0.1) is 10.8 Å².